The van der Waals surface area contributed by atoms with Gasteiger partial charge in [-0.3, -0.25) is 4.79 Å². The molecule has 0 saturated carbocycles. The van der Waals surface area contributed by atoms with Crippen LogP contribution in [0.5, 0.6) is 5.75 Å². The summed E-state index contributed by atoms with van der Waals surface area (Å²) in [6, 6.07) is 14.0. The van der Waals surface area contributed by atoms with Gasteiger partial charge in [-0.25, -0.2) is 0 Å². The minimum atomic E-state index is -0.510. The van der Waals surface area contributed by atoms with Gasteiger partial charge in [-0.05, 0) is 24.3 Å². The van der Waals surface area contributed by atoms with E-state index in [1.54, 1.807) is 55.6 Å². The predicted molar refractivity (Wildman–Crippen MR) is 85.7 cm³/mol. The molecule has 1 aromatic heterocycles. The number of rotatable bonds is 4. The van der Waals surface area contributed by atoms with E-state index >= 15 is 0 Å². The van der Waals surface area contributed by atoms with Crippen LogP contribution in [-0.4, -0.2) is 23.2 Å². The summed E-state index contributed by atoms with van der Waals surface area (Å²) in [6.07, 6.45) is 0. The van der Waals surface area contributed by atoms with Crippen LogP contribution in [0.1, 0.15) is 10.7 Å². The number of halogens is 1. The van der Waals surface area contributed by atoms with Crippen molar-refractivity contribution in [1.29, 1.82) is 0 Å². The molecule has 7 heteroatoms. The Morgan fingerprint density at radius 2 is 2.00 bits per heavy atom. The maximum absolute atomic E-state index is 12.2. The van der Waals surface area contributed by atoms with Crippen LogP contribution in [-0.2, 0) is 0 Å². The fourth-order valence-electron chi connectivity index (χ4n) is 1.94. The third-order valence-corrected chi connectivity index (χ3v) is 3.38. The highest BCUT2D eigenvalue weighted by atomic mass is 35.5. The molecule has 23 heavy (non-hydrogen) atoms. The first-order valence-electron chi connectivity index (χ1n) is 6.71. The second-order valence-corrected chi connectivity index (χ2v) is 4.99. The molecule has 0 aliphatic carbocycles. The fourth-order valence-corrected chi connectivity index (χ4v) is 2.16. The first-order valence-corrected chi connectivity index (χ1v) is 7.09. The Hall–Kier alpha value is -2.86. The number of ether oxygens (including phenoxy) is 1. The van der Waals surface area contributed by atoms with Crippen LogP contribution in [0.3, 0.4) is 0 Å². The molecule has 0 aliphatic rings. The second-order valence-electron chi connectivity index (χ2n) is 4.58. The molecule has 2 aromatic carbocycles. The molecule has 6 nitrogen and oxygen atoms in total. The zero-order valence-corrected chi connectivity index (χ0v) is 12.9. The lowest BCUT2D eigenvalue weighted by atomic mass is 10.2. The molecule has 3 aromatic rings. The number of carbonyl (C=O) groups excluding carboxylic acids is 1. The van der Waals surface area contributed by atoms with Crippen LogP contribution in [0.25, 0.3) is 11.5 Å². The Bertz CT molecular complexity index is 848. The minimum Gasteiger partial charge on any atom is -0.497 e. The van der Waals surface area contributed by atoms with Gasteiger partial charge in [0.05, 0.1) is 17.7 Å². The molecule has 0 aliphatic heterocycles. The Balaban J connectivity index is 1.80. The number of nitrogens with zero attached hydrogens (tertiary/aromatic N) is 2. The topological polar surface area (TPSA) is 77.2 Å². The number of hydrogen-bond donors (Lipinski definition) is 1. The lowest BCUT2D eigenvalue weighted by molar-refractivity contribution is 0.0991. The Labute approximate surface area is 137 Å². The van der Waals surface area contributed by atoms with Gasteiger partial charge in [0, 0.05) is 11.8 Å². The number of hydrogen-bond acceptors (Lipinski definition) is 5. The zero-order valence-electron chi connectivity index (χ0n) is 12.1. The lowest BCUT2D eigenvalue weighted by Gasteiger charge is -2.04. The van der Waals surface area contributed by atoms with Gasteiger partial charge in [0.15, 0.2) is 0 Å². The van der Waals surface area contributed by atoms with Crippen molar-refractivity contribution >= 4 is 23.2 Å². The van der Waals surface area contributed by atoms with E-state index in [4.69, 9.17) is 20.8 Å². The molecule has 0 atom stereocenters. The lowest BCUT2D eigenvalue weighted by Crippen LogP contribution is -2.12. The molecular formula is C16H12ClN3O3. The van der Waals surface area contributed by atoms with E-state index in [0.29, 0.717) is 22.0 Å². The predicted octanol–water partition coefficient (Wildman–Crippen LogP) is 3.65. The zero-order chi connectivity index (χ0) is 16.2. The summed E-state index contributed by atoms with van der Waals surface area (Å²) in [7, 11) is 1.55. The van der Waals surface area contributed by atoms with Crippen LogP contribution in [0.15, 0.2) is 52.9 Å². The second kappa shape index (κ2) is 6.50. The van der Waals surface area contributed by atoms with Gasteiger partial charge < -0.3 is 14.5 Å². The normalized spacial score (nSPS) is 10.3. The molecule has 1 N–H and O–H groups in total. The fraction of sp³-hybridized carbons (Fsp3) is 0.0625. The van der Waals surface area contributed by atoms with E-state index < -0.39 is 5.91 Å². The van der Waals surface area contributed by atoms with Crippen LogP contribution in [0, 0.1) is 0 Å². The van der Waals surface area contributed by atoms with Crippen LogP contribution in [0.4, 0.5) is 5.69 Å². The first kappa shape index (κ1) is 15.1. The highest BCUT2D eigenvalue weighted by Crippen LogP contribution is 2.26. The van der Waals surface area contributed by atoms with Crippen molar-refractivity contribution in [3.63, 3.8) is 0 Å². The van der Waals surface area contributed by atoms with E-state index in [1.165, 1.54) is 0 Å². The van der Waals surface area contributed by atoms with Crippen molar-refractivity contribution in [1.82, 2.24) is 10.2 Å². The van der Waals surface area contributed by atoms with Gasteiger partial charge in [0.25, 0.3) is 0 Å². The van der Waals surface area contributed by atoms with Crippen molar-refractivity contribution in [3.8, 4) is 17.2 Å². The van der Waals surface area contributed by atoms with Gasteiger partial charge in [0.1, 0.15) is 5.75 Å². The summed E-state index contributed by atoms with van der Waals surface area (Å²) in [5.41, 5.74) is 1.13. The van der Waals surface area contributed by atoms with Crippen molar-refractivity contribution in [3.05, 3.63) is 59.4 Å². The summed E-state index contributed by atoms with van der Waals surface area (Å²) in [4.78, 5) is 12.2. The van der Waals surface area contributed by atoms with E-state index in [-0.39, 0.29) is 11.8 Å². The molecule has 0 bridgehead atoms. The molecule has 0 saturated heterocycles. The summed E-state index contributed by atoms with van der Waals surface area (Å²) in [5.74, 6) is 0.156. The average molecular weight is 330 g/mol. The largest absolute Gasteiger partial charge is 0.497 e. The number of anilines is 1. The minimum absolute atomic E-state index is 0.150. The third kappa shape index (κ3) is 3.32. The summed E-state index contributed by atoms with van der Waals surface area (Å²) in [6.45, 7) is 0. The maximum atomic E-state index is 12.2. The van der Waals surface area contributed by atoms with Gasteiger partial charge >= 0.3 is 11.8 Å². The summed E-state index contributed by atoms with van der Waals surface area (Å²) >= 11 is 6.07. The Kier molecular flexibility index (Phi) is 4.25. The number of aromatic nitrogens is 2. The van der Waals surface area contributed by atoms with E-state index in [1.807, 2.05) is 0 Å². The standard InChI is InChI=1S/C16H12ClN3O3/c1-22-11-6-4-5-10(9-11)18-14(21)16-20-19-15(23-16)12-7-2-3-8-13(12)17/h2-9H,1H3,(H,18,21). The highest BCUT2D eigenvalue weighted by molar-refractivity contribution is 6.33. The van der Waals surface area contributed by atoms with Gasteiger partial charge in [-0.15, -0.1) is 10.2 Å². The Morgan fingerprint density at radius 3 is 2.78 bits per heavy atom. The molecule has 0 radical (unpaired) electrons. The number of methoxy groups -OCH3 is 1. The monoisotopic (exact) mass is 329 g/mol. The maximum Gasteiger partial charge on any atom is 0.313 e. The number of nitrogens with one attached hydrogen (secondary N) is 1. The van der Waals surface area contributed by atoms with E-state index in [9.17, 15) is 4.79 Å². The van der Waals surface area contributed by atoms with Gasteiger partial charge in [0.2, 0.25) is 5.89 Å². The average Bonchev–Trinajstić information content (AvgIpc) is 3.05. The van der Waals surface area contributed by atoms with Crippen molar-refractivity contribution in [2.75, 3.05) is 12.4 Å². The number of carbonyl (C=O) groups is 1. The number of amides is 1. The highest BCUT2D eigenvalue weighted by Gasteiger charge is 2.17. The van der Waals surface area contributed by atoms with Crippen molar-refractivity contribution < 1.29 is 13.9 Å². The van der Waals surface area contributed by atoms with Crippen LogP contribution < -0.4 is 10.1 Å². The summed E-state index contributed by atoms with van der Waals surface area (Å²) < 4.78 is 10.5. The van der Waals surface area contributed by atoms with Gasteiger partial charge in [-0.2, -0.15) is 0 Å². The molecule has 1 heterocycles. The molecule has 1 amide bonds. The van der Waals surface area contributed by atoms with Crippen LogP contribution in [0.2, 0.25) is 5.02 Å². The smallest absolute Gasteiger partial charge is 0.313 e. The van der Waals surface area contributed by atoms with Crippen LogP contribution >= 0.6 is 11.6 Å². The molecule has 3 rings (SSSR count). The number of benzene rings is 2. The quantitative estimate of drug-likeness (QED) is 0.790. The van der Waals surface area contributed by atoms with E-state index in [0.717, 1.165) is 0 Å². The van der Waals surface area contributed by atoms with Crippen molar-refractivity contribution in [2.45, 2.75) is 0 Å². The molecule has 0 unspecified atom stereocenters. The summed E-state index contributed by atoms with van der Waals surface area (Å²) in [5, 5.41) is 10.7. The molecule has 116 valence electrons. The molecule has 0 fully saturated rings. The van der Waals surface area contributed by atoms with E-state index in [2.05, 4.69) is 15.5 Å². The molecule has 0 spiro atoms. The SMILES string of the molecule is COc1cccc(NC(=O)c2nnc(-c3ccccc3Cl)o2)c1. The molecular weight excluding hydrogens is 318 g/mol. The first-order chi connectivity index (χ1) is 11.2. The third-order valence-electron chi connectivity index (χ3n) is 3.05. The van der Waals surface area contributed by atoms with Gasteiger partial charge in [-0.1, -0.05) is 29.8 Å². The Morgan fingerprint density at radius 1 is 1.17 bits per heavy atom. The van der Waals surface area contributed by atoms with Crippen molar-refractivity contribution in [2.24, 2.45) is 0 Å².